The molecule has 2 atom stereocenters. The minimum atomic E-state index is -0.214. The van der Waals surface area contributed by atoms with Crippen LogP contribution in [0.5, 0.6) is 0 Å². The second-order valence-corrected chi connectivity index (χ2v) is 6.39. The van der Waals surface area contributed by atoms with Crippen molar-refractivity contribution in [2.45, 2.75) is 12.6 Å². The fourth-order valence-corrected chi connectivity index (χ4v) is 5.17. The van der Waals surface area contributed by atoms with E-state index >= 15 is 0 Å². The van der Waals surface area contributed by atoms with E-state index < -0.39 is 0 Å². The molecule has 2 N–H and O–H groups in total. The molecule has 1 aromatic rings. The largest absolute Gasteiger partial charge is 0.310 e. The minimum absolute atomic E-state index is 0.214. The van der Waals surface area contributed by atoms with E-state index in [0.717, 1.165) is 14.3 Å². The quantitative estimate of drug-likeness (QED) is 0.664. The van der Waals surface area contributed by atoms with Crippen LogP contribution in [0, 0.1) is 0 Å². The summed E-state index contributed by atoms with van der Waals surface area (Å²) in [5.41, 5.74) is 0. The number of aromatic nitrogens is 3. The third-order valence-corrected chi connectivity index (χ3v) is 5.58. The zero-order chi connectivity index (χ0) is 7.23. The molecule has 0 radical (unpaired) electrons. The predicted octanol–water partition coefficient (Wildman–Crippen LogP) is 2.78. The molecule has 0 aliphatic heterocycles. The maximum atomic E-state index is 4.35. The van der Waals surface area contributed by atoms with Gasteiger partial charge in [0, 0.05) is 14.7 Å². The molecular formula is C3H10N3P3S. The molecule has 0 aliphatic rings. The van der Waals surface area contributed by atoms with Crippen molar-refractivity contribution < 1.29 is 0 Å². The van der Waals surface area contributed by atoms with Crippen molar-refractivity contribution >= 4 is 37.5 Å². The molecule has 1 heterocycles. The van der Waals surface area contributed by atoms with E-state index in [4.69, 9.17) is 0 Å². The van der Waals surface area contributed by atoms with Gasteiger partial charge in [-0.05, 0) is 12.2 Å². The summed E-state index contributed by atoms with van der Waals surface area (Å²) in [4.78, 5) is 0. The molecular weight excluding hydrogens is 203 g/mol. The van der Waals surface area contributed by atoms with Crippen LogP contribution in [-0.4, -0.2) is 19.3 Å². The molecule has 58 valence electrons. The van der Waals surface area contributed by atoms with Crippen molar-refractivity contribution in [1.29, 1.82) is 0 Å². The summed E-state index contributed by atoms with van der Waals surface area (Å²) >= 11 is 4.15. The summed E-state index contributed by atoms with van der Waals surface area (Å²) < 4.78 is 10.8. The average Bonchev–Trinajstić information content (AvgIpc) is 2.03. The van der Waals surface area contributed by atoms with E-state index in [1.807, 2.05) is 0 Å². The number of nitrogens with one attached hydrogen (secondary N) is 2. The van der Waals surface area contributed by atoms with Crippen LogP contribution in [0.25, 0.3) is 0 Å². The van der Waals surface area contributed by atoms with Crippen LogP contribution in [0.1, 0.15) is 6.42 Å². The molecule has 1 rings (SSSR count). The predicted molar refractivity (Wildman–Crippen MR) is 53.8 cm³/mol. The van der Waals surface area contributed by atoms with Crippen molar-refractivity contribution in [3.05, 3.63) is 0 Å². The Bertz CT molecular complexity index is 184. The van der Waals surface area contributed by atoms with Gasteiger partial charge in [-0.3, -0.25) is 0 Å². The smallest absolute Gasteiger partial charge is 0.138 e. The Labute approximate surface area is 69.8 Å². The molecule has 0 bridgehead atoms. The van der Waals surface area contributed by atoms with Crippen molar-refractivity contribution in [2.24, 2.45) is 0 Å². The van der Waals surface area contributed by atoms with E-state index in [1.54, 1.807) is 0 Å². The standard InChI is InChI=1S/C3H10N3P3S/c10-3-1-2-9-5-7-4-8-6-9/h5,7,10H,1-3H2,(H,4,6). The SMILES string of the molecule is SCCCp1np[nH][pH][nH]1. The number of thiol groups is 1. The number of aryl methyl sites for hydroxylation is 1. The average molecular weight is 213 g/mol. The third kappa shape index (κ3) is 3.16. The van der Waals surface area contributed by atoms with Crippen molar-refractivity contribution in [3.63, 3.8) is 0 Å². The number of aromatic amines is 2. The van der Waals surface area contributed by atoms with Gasteiger partial charge in [-0.25, -0.2) is 0 Å². The first-order valence-corrected chi connectivity index (χ1v) is 6.94. The molecule has 2 unspecified atom stereocenters. The van der Waals surface area contributed by atoms with Gasteiger partial charge in [-0.1, -0.05) is 0 Å². The van der Waals surface area contributed by atoms with Gasteiger partial charge in [0.15, 0.2) is 0 Å². The van der Waals surface area contributed by atoms with Crippen LogP contribution in [0.15, 0.2) is 0 Å². The maximum absolute atomic E-state index is 4.35. The van der Waals surface area contributed by atoms with Gasteiger partial charge < -0.3 is 9.02 Å². The highest BCUT2D eigenvalue weighted by Crippen LogP contribution is 2.23. The lowest BCUT2D eigenvalue weighted by atomic mass is 10.6. The highest BCUT2D eigenvalue weighted by Gasteiger charge is 1.88. The molecule has 0 fully saturated rings. The maximum Gasteiger partial charge on any atom is 0.138 e. The lowest BCUT2D eigenvalue weighted by Crippen LogP contribution is -1.76. The van der Waals surface area contributed by atoms with Gasteiger partial charge in [-0.15, -0.1) is 0 Å². The fraction of sp³-hybridized carbons (Fsp3) is 1.00. The Kier molecular flexibility index (Phi) is 4.65. The van der Waals surface area contributed by atoms with Crippen LogP contribution in [0.4, 0.5) is 0 Å². The van der Waals surface area contributed by atoms with Crippen LogP contribution in [0.2, 0.25) is 0 Å². The molecule has 1 aromatic heterocycles. The zero-order valence-corrected chi connectivity index (χ0v) is 9.09. The van der Waals surface area contributed by atoms with Crippen molar-refractivity contribution in [2.75, 3.05) is 5.75 Å². The van der Waals surface area contributed by atoms with Gasteiger partial charge in [0.05, 0.1) is 7.85 Å². The lowest BCUT2D eigenvalue weighted by molar-refractivity contribution is 1.04. The number of nitrogens with zero attached hydrogens (tertiary/aromatic N) is 1. The van der Waals surface area contributed by atoms with Crippen LogP contribution in [-0.2, 0) is 6.16 Å². The molecule has 0 saturated carbocycles. The number of rotatable bonds is 3. The first-order valence-electron chi connectivity index (χ1n) is 2.98. The Balaban J connectivity index is 2.43. The molecule has 0 saturated heterocycles. The van der Waals surface area contributed by atoms with Crippen LogP contribution in [0.3, 0.4) is 0 Å². The van der Waals surface area contributed by atoms with Gasteiger partial charge in [0.1, 0.15) is 8.51 Å². The van der Waals surface area contributed by atoms with E-state index in [9.17, 15) is 0 Å². The third-order valence-electron chi connectivity index (χ3n) is 0.972. The Morgan fingerprint density at radius 2 is 2.60 bits per heavy atom. The van der Waals surface area contributed by atoms with Gasteiger partial charge >= 0.3 is 0 Å². The lowest BCUT2D eigenvalue weighted by Gasteiger charge is -1.96. The van der Waals surface area contributed by atoms with Crippen molar-refractivity contribution in [3.8, 4) is 0 Å². The molecule has 7 heteroatoms. The molecule has 0 spiro atoms. The van der Waals surface area contributed by atoms with Gasteiger partial charge in [0.2, 0.25) is 0 Å². The highest BCUT2D eigenvalue weighted by atomic mass is 32.1. The Morgan fingerprint density at radius 1 is 1.70 bits per heavy atom. The topological polar surface area (TPSA) is 44.5 Å². The molecule has 0 amide bonds. The number of H-pyrrole nitrogens is 2. The summed E-state index contributed by atoms with van der Waals surface area (Å²) in [7, 11) is 1.53. The summed E-state index contributed by atoms with van der Waals surface area (Å²) in [6.07, 6.45) is 2.35. The van der Waals surface area contributed by atoms with E-state index in [-0.39, 0.29) is 7.85 Å². The van der Waals surface area contributed by atoms with E-state index in [0.29, 0.717) is 8.51 Å². The first kappa shape index (κ1) is 8.74. The Morgan fingerprint density at radius 3 is 3.20 bits per heavy atom. The molecule has 0 aromatic carbocycles. The first-order chi connectivity index (χ1) is 4.93. The molecule has 0 aliphatic carbocycles. The molecule has 10 heavy (non-hydrogen) atoms. The zero-order valence-electron chi connectivity index (χ0n) is 5.41. The van der Waals surface area contributed by atoms with Crippen LogP contribution < -0.4 is 0 Å². The number of hydrogen-bond acceptors (Lipinski definition) is 2. The minimum Gasteiger partial charge on any atom is -0.310 e. The fourth-order valence-electron chi connectivity index (χ4n) is 0.534. The number of hydrogen-bond donors (Lipinski definition) is 3. The second kappa shape index (κ2) is 5.32. The summed E-state index contributed by atoms with van der Waals surface area (Å²) in [5, 5.41) is 0. The second-order valence-electron chi connectivity index (χ2n) is 1.74. The summed E-state index contributed by atoms with van der Waals surface area (Å²) in [6, 6.07) is 0. The van der Waals surface area contributed by atoms with Crippen LogP contribution >= 0.6 is 37.5 Å². The monoisotopic (exact) mass is 213 g/mol. The van der Waals surface area contributed by atoms with Gasteiger partial charge in [-0.2, -0.15) is 17.1 Å². The van der Waals surface area contributed by atoms with Gasteiger partial charge in [0.25, 0.3) is 0 Å². The normalized spacial score (nSPS) is 13.1. The Hall–Kier alpha value is 0.650. The summed E-state index contributed by atoms with van der Waals surface area (Å²) in [6.45, 7) is 0. The highest BCUT2D eigenvalue weighted by molar-refractivity contribution is 7.80. The van der Waals surface area contributed by atoms with Crippen molar-refractivity contribution in [1.82, 2.24) is 13.5 Å². The van der Waals surface area contributed by atoms with E-state index in [1.165, 1.54) is 12.6 Å². The van der Waals surface area contributed by atoms with E-state index in [2.05, 4.69) is 26.2 Å². The molecule has 3 nitrogen and oxygen atoms in total. The summed E-state index contributed by atoms with van der Waals surface area (Å²) in [5.74, 6) is 0.976.